The second-order valence-corrected chi connectivity index (χ2v) is 5.93. The Hall–Kier alpha value is -3.04. The lowest BCUT2D eigenvalue weighted by atomic mass is 10.1. The van der Waals surface area contributed by atoms with Gasteiger partial charge in [0, 0.05) is 6.54 Å². The van der Waals surface area contributed by atoms with Crippen LogP contribution in [0.5, 0.6) is 11.5 Å². The van der Waals surface area contributed by atoms with E-state index in [1.54, 1.807) is 38.5 Å². The van der Waals surface area contributed by atoms with Gasteiger partial charge in [0.15, 0.2) is 11.5 Å². The molecule has 0 unspecified atom stereocenters. The van der Waals surface area contributed by atoms with E-state index >= 15 is 0 Å². The minimum atomic E-state index is -0.380. The molecule has 0 heterocycles. The maximum absolute atomic E-state index is 12.5. The molecule has 6 nitrogen and oxygen atoms in total. The summed E-state index contributed by atoms with van der Waals surface area (Å²) in [4.78, 5) is 14.5. The van der Waals surface area contributed by atoms with Crippen molar-refractivity contribution in [1.29, 1.82) is 5.26 Å². The number of nitrogens with one attached hydrogen (secondary N) is 1. The number of carbonyl (C=O) groups excluding carboxylic acids is 1. The van der Waals surface area contributed by atoms with Crippen LogP contribution in [0.4, 0.5) is 5.69 Å². The van der Waals surface area contributed by atoms with Gasteiger partial charge >= 0.3 is 0 Å². The van der Waals surface area contributed by atoms with Crippen LogP contribution in [-0.2, 0) is 11.3 Å². The number of nitriles is 1. The van der Waals surface area contributed by atoms with Gasteiger partial charge in [0.05, 0.1) is 31.5 Å². The number of ether oxygens (including phenoxy) is 2. The first kappa shape index (κ1) is 19.3. The van der Waals surface area contributed by atoms with Crippen LogP contribution in [0.15, 0.2) is 42.5 Å². The van der Waals surface area contributed by atoms with Gasteiger partial charge in [0.1, 0.15) is 6.07 Å². The van der Waals surface area contributed by atoms with Crippen molar-refractivity contribution in [3.8, 4) is 17.6 Å². The van der Waals surface area contributed by atoms with Crippen molar-refractivity contribution in [2.45, 2.75) is 19.5 Å². The highest BCUT2D eigenvalue weighted by Gasteiger charge is 2.19. The summed E-state index contributed by atoms with van der Waals surface area (Å²) in [7, 11) is 5.06. The number of nitrogens with zero attached hydrogens (tertiary/aromatic N) is 2. The molecule has 2 aromatic rings. The molecule has 1 atom stereocenters. The largest absolute Gasteiger partial charge is 0.493 e. The number of amides is 1. The molecule has 2 aromatic carbocycles. The third-order valence-electron chi connectivity index (χ3n) is 4.23. The number of hydrogen-bond acceptors (Lipinski definition) is 5. The Labute approximate surface area is 153 Å². The molecule has 0 aliphatic rings. The number of para-hydroxylation sites is 1. The number of methoxy groups -OCH3 is 2. The molecule has 26 heavy (non-hydrogen) atoms. The van der Waals surface area contributed by atoms with Gasteiger partial charge in [-0.2, -0.15) is 5.26 Å². The summed E-state index contributed by atoms with van der Waals surface area (Å²) in [5.74, 6) is 1.15. The molecule has 136 valence electrons. The van der Waals surface area contributed by atoms with Gasteiger partial charge in [0.2, 0.25) is 5.91 Å². The molecule has 0 spiro atoms. The van der Waals surface area contributed by atoms with Crippen LogP contribution in [0, 0.1) is 11.3 Å². The van der Waals surface area contributed by atoms with Crippen LogP contribution in [0.1, 0.15) is 18.1 Å². The molecule has 1 N–H and O–H groups in total. The number of anilines is 1. The van der Waals surface area contributed by atoms with Crippen molar-refractivity contribution in [3.63, 3.8) is 0 Å². The van der Waals surface area contributed by atoms with Crippen LogP contribution in [0.25, 0.3) is 0 Å². The van der Waals surface area contributed by atoms with E-state index in [0.29, 0.717) is 29.3 Å². The van der Waals surface area contributed by atoms with E-state index in [4.69, 9.17) is 14.7 Å². The Kier molecular flexibility index (Phi) is 6.59. The average molecular weight is 353 g/mol. The summed E-state index contributed by atoms with van der Waals surface area (Å²) >= 11 is 0. The summed E-state index contributed by atoms with van der Waals surface area (Å²) in [6.07, 6.45) is 0. The van der Waals surface area contributed by atoms with E-state index in [-0.39, 0.29) is 11.9 Å². The van der Waals surface area contributed by atoms with Crippen molar-refractivity contribution in [2.75, 3.05) is 26.6 Å². The van der Waals surface area contributed by atoms with E-state index in [1.807, 2.05) is 37.1 Å². The van der Waals surface area contributed by atoms with Crippen LogP contribution in [-0.4, -0.2) is 38.1 Å². The zero-order chi connectivity index (χ0) is 19.1. The second kappa shape index (κ2) is 8.88. The van der Waals surface area contributed by atoms with Gasteiger partial charge in [-0.15, -0.1) is 0 Å². The van der Waals surface area contributed by atoms with Gasteiger partial charge in [0.25, 0.3) is 0 Å². The Balaban J connectivity index is 2.06. The summed E-state index contributed by atoms with van der Waals surface area (Å²) in [6, 6.07) is 14.3. The molecular weight excluding hydrogens is 330 g/mol. The van der Waals surface area contributed by atoms with Crippen molar-refractivity contribution < 1.29 is 14.3 Å². The van der Waals surface area contributed by atoms with Gasteiger partial charge in [-0.3, -0.25) is 9.69 Å². The fourth-order valence-electron chi connectivity index (χ4n) is 2.53. The minimum absolute atomic E-state index is 0.171. The Bertz CT molecular complexity index is 814. The van der Waals surface area contributed by atoms with Crippen LogP contribution in [0.3, 0.4) is 0 Å². The number of likely N-dealkylation sites (N-methyl/N-ethyl adjacent to an activating group) is 1. The number of hydrogen-bond donors (Lipinski definition) is 1. The van der Waals surface area contributed by atoms with Crippen molar-refractivity contribution in [3.05, 3.63) is 53.6 Å². The van der Waals surface area contributed by atoms with Crippen molar-refractivity contribution in [1.82, 2.24) is 4.90 Å². The lowest BCUT2D eigenvalue weighted by Gasteiger charge is -2.24. The molecule has 0 saturated carbocycles. The van der Waals surface area contributed by atoms with Crippen LogP contribution >= 0.6 is 0 Å². The molecule has 0 bridgehead atoms. The third kappa shape index (κ3) is 4.52. The third-order valence-corrected chi connectivity index (χ3v) is 4.23. The fraction of sp³-hybridized carbons (Fsp3) is 0.300. The maximum atomic E-state index is 12.5. The highest BCUT2D eigenvalue weighted by atomic mass is 16.5. The topological polar surface area (TPSA) is 74.6 Å². The Morgan fingerprint density at radius 3 is 2.54 bits per heavy atom. The molecule has 0 fully saturated rings. The van der Waals surface area contributed by atoms with Gasteiger partial charge < -0.3 is 14.8 Å². The Morgan fingerprint density at radius 1 is 1.19 bits per heavy atom. The smallest absolute Gasteiger partial charge is 0.241 e. The lowest BCUT2D eigenvalue weighted by Crippen LogP contribution is -2.39. The first-order valence-electron chi connectivity index (χ1n) is 8.21. The predicted molar refractivity (Wildman–Crippen MR) is 100 cm³/mol. The fourth-order valence-corrected chi connectivity index (χ4v) is 2.53. The first-order valence-corrected chi connectivity index (χ1v) is 8.21. The van der Waals surface area contributed by atoms with Crippen molar-refractivity contribution >= 4 is 11.6 Å². The number of rotatable bonds is 7. The van der Waals surface area contributed by atoms with E-state index in [1.165, 1.54) is 0 Å². The average Bonchev–Trinajstić information content (AvgIpc) is 2.67. The van der Waals surface area contributed by atoms with Crippen LogP contribution in [0.2, 0.25) is 0 Å². The summed E-state index contributed by atoms with van der Waals surface area (Å²) in [5.41, 5.74) is 1.96. The zero-order valence-corrected chi connectivity index (χ0v) is 15.4. The SMILES string of the molecule is COc1ccc(CN(C)[C@@H](C)C(=O)Nc2ccccc2C#N)cc1OC. The van der Waals surface area contributed by atoms with E-state index in [9.17, 15) is 4.79 Å². The molecule has 0 saturated heterocycles. The van der Waals surface area contributed by atoms with E-state index in [0.717, 1.165) is 5.56 Å². The molecule has 2 rings (SSSR count). The summed E-state index contributed by atoms with van der Waals surface area (Å²) in [5, 5.41) is 12.0. The highest BCUT2D eigenvalue weighted by Crippen LogP contribution is 2.28. The maximum Gasteiger partial charge on any atom is 0.241 e. The normalized spacial score (nSPS) is 11.5. The van der Waals surface area contributed by atoms with E-state index in [2.05, 4.69) is 11.4 Å². The van der Waals surface area contributed by atoms with E-state index < -0.39 is 0 Å². The minimum Gasteiger partial charge on any atom is -0.493 e. The molecule has 1 amide bonds. The zero-order valence-electron chi connectivity index (χ0n) is 15.4. The lowest BCUT2D eigenvalue weighted by molar-refractivity contribution is -0.120. The molecule has 0 aliphatic carbocycles. The van der Waals surface area contributed by atoms with Gasteiger partial charge in [-0.1, -0.05) is 18.2 Å². The summed E-state index contributed by atoms with van der Waals surface area (Å²) < 4.78 is 10.6. The summed E-state index contributed by atoms with van der Waals surface area (Å²) in [6.45, 7) is 2.39. The second-order valence-electron chi connectivity index (χ2n) is 5.93. The monoisotopic (exact) mass is 353 g/mol. The molecular formula is C20H23N3O3. The Morgan fingerprint density at radius 2 is 1.88 bits per heavy atom. The highest BCUT2D eigenvalue weighted by molar-refractivity contribution is 5.95. The number of carbonyl (C=O) groups is 1. The first-order chi connectivity index (χ1) is 12.5. The van der Waals surface area contributed by atoms with Crippen molar-refractivity contribution in [2.24, 2.45) is 0 Å². The standard InChI is InChI=1S/C20H23N3O3/c1-14(20(24)22-17-8-6-5-7-16(17)12-21)23(2)13-15-9-10-18(25-3)19(11-15)26-4/h5-11,14H,13H2,1-4H3,(H,22,24)/t14-/m0/s1. The quantitative estimate of drug-likeness (QED) is 0.828. The number of benzene rings is 2. The molecule has 0 aliphatic heterocycles. The van der Waals surface area contributed by atoms with Gasteiger partial charge in [-0.25, -0.2) is 0 Å². The molecule has 0 aromatic heterocycles. The molecule has 6 heteroatoms. The van der Waals surface area contributed by atoms with Crippen LogP contribution < -0.4 is 14.8 Å². The predicted octanol–water partition coefficient (Wildman–Crippen LogP) is 3.03. The van der Waals surface area contributed by atoms with Gasteiger partial charge in [-0.05, 0) is 43.8 Å². The molecule has 0 radical (unpaired) electrons.